The molecular formula is C15H13Cl2N3O6. The van der Waals surface area contributed by atoms with Crippen LogP contribution in [0, 0.1) is 0 Å². The van der Waals surface area contributed by atoms with Gasteiger partial charge in [-0.05, 0) is 25.1 Å². The van der Waals surface area contributed by atoms with Crippen molar-refractivity contribution in [3.05, 3.63) is 56.2 Å². The lowest BCUT2D eigenvalue weighted by molar-refractivity contribution is -0.137. The van der Waals surface area contributed by atoms with Crippen molar-refractivity contribution in [2.24, 2.45) is 0 Å². The molecule has 0 saturated carbocycles. The number of aromatic nitrogens is 2. The maximum atomic E-state index is 12.7. The fraction of sp³-hybridized carbons (Fsp3) is 0.200. The highest BCUT2D eigenvalue weighted by molar-refractivity contribution is 6.37. The van der Waals surface area contributed by atoms with Gasteiger partial charge < -0.3 is 9.84 Å². The standard InChI is InChI=1S/C15H13Cl2N3O6/c1-2-26-14(24)18-20-11(6-19(15(20)25)7-12(21)22)13(23)9-4-3-8(16)5-10(9)17/h3-6H,2,7H2,1H3,(H,18,24)(H,21,22). The second kappa shape index (κ2) is 8.07. The van der Waals surface area contributed by atoms with Crippen LogP contribution in [-0.4, -0.2) is 38.8 Å². The molecule has 0 radical (unpaired) electrons. The van der Waals surface area contributed by atoms with Crippen LogP contribution >= 0.6 is 23.2 Å². The number of carbonyl (C=O) groups excluding carboxylic acids is 2. The SMILES string of the molecule is CCOC(=O)Nn1c(C(=O)c2ccc(Cl)cc2Cl)cn(CC(=O)O)c1=O. The third-order valence-electron chi connectivity index (χ3n) is 3.15. The molecule has 0 unspecified atom stereocenters. The van der Waals surface area contributed by atoms with Gasteiger partial charge in [0.05, 0.1) is 11.6 Å². The first kappa shape index (κ1) is 19.5. The van der Waals surface area contributed by atoms with Crippen LogP contribution in [0.3, 0.4) is 0 Å². The van der Waals surface area contributed by atoms with Gasteiger partial charge in [0.2, 0.25) is 5.78 Å². The van der Waals surface area contributed by atoms with Gasteiger partial charge in [-0.25, -0.2) is 15.0 Å². The number of ketones is 1. The smallest absolute Gasteiger partial charge is 0.426 e. The molecule has 1 aromatic carbocycles. The first-order valence-electron chi connectivity index (χ1n) is 7.22. The lowest BCUT2D eigenvalue weighted by atomic mass is 10.1. The molecule has 0 aliphatic carbocycles. The number of carbonyl (C=O) groups is 3. The van der Waals surface area contributed by atoms with E-state index in [9.17, 15) is 19.2 Å². The van der Waals surface area contributed by atoms with Gasteiger partial charge in [-0.1, -0.05) is 23.2 Å². The Morgan fingerprint density at radius 2 is 1.96 bits per heavy atom. The van der Waals surface area contributed by atoms with Crippen molar-refractivity contribution < 1.29 is 24.2 Å². The Bertz CT molecular complexity index is 934. The van der Waals surface area contributed by atoms with E-state index in [2.05, 4.69) is 10.2 Å². The van der Waals surface area contributed by atoms with Gasteiger partial charge in [-0.3, -0.25) is 14.2 Å². The molecule has 11 heteroatoms. The predicted molar refractivity (Wildman–Crippen MR) is 92.6 cm³/mol. The van der Waals surface area contributed by atoms with E-state index >= 15 is 0 Å². The molecule has 1 heterocycles. The van der Waals surface area contributed by atoms with Crippen molar-refractivity contribution in [2.45, 2.75) is 13.5 Å². The number of nitrogens with zero attached hydrogens (tertiary/aromatic N) is 2. The van der Waals surface area contributed by atoms with Gasteiger partial charge in [-0.2, -0.15) is 4.68 Å². The Hall–Kier alpha value is -2.78. The van der Waals surface area contributed by atoms with E-state index in [-0.39, 0.29) is 22.9 Å². The van der Waals surface area contributed by atoms with Gasteiger partial charge in [0.15, 0.2) is 0 Å². The molecule has 26 heavy (non-hydrogen) atoms. The van der Waals surface area contributed by atoms with E-state index in [1.807, 2.05) is 0 Å². The van der Waals surface area contributed by atoms with Crippen LogP contribution in [0.5, 0.6) is 0 Å². The molecule has 9 nitrogen and oxygen atoms in total. The van der Waals surface area contributed by atoms with Crippen molar-refractivity contribution in [3.63, 3.8) is 0 Å². The third kappa shape index (κ3) is 4.24. The minimum absolute atomic E-state index is 0.0166. The van der Waals surface area contributed by atoms with Crippen LogP contribution in [0.2, 0.25) is 10.0 Å². The monoisotopic (exact) mass is 401 g/mol. The number of ether oxygens (including phenoxy) is 1. The van der Waals surface area contributed by atoms with Crippen LogP contribution in [0.4, 0.5) is 4.79 Å². The minimum atomic E-state index is -1.30. The van der Waals surface area contributed by atoms with Gasteiger partial charge >= 0.3 is 17.8 Å². The molecule has 0 bridgehead atoms. The predicted octanol–water partition coefficient (Wildman–Crippen LogP) is 1.97. The number of benzene rings is 1. The summed E-state index contributed by atoms with van der Waals surface area (Å²) >= 11 is 11.8. The summed E-state index contributed by atoms with van der Waals surface area (Å²) in [6.45, 7) is 0.880. The molecule has 0 atom stereocenters. The highest BCUT2D eigenvalue weighted by Crippen LogP contribution is 2.23. The highest BCUT2D eigenvalue weighted by atomic mass is 35.5. The quantitative estimate of drug-likeness (QED) is 0.713. The topological polar surface area (TPSA) is 120 Å². The largest absolute Gasteiger partial charge is 0.480 e. The summed E-state index contributed by atoms with van der Waals surface area (Å²) in [5, 5.41) is 9.22. The van der Waals surface area contributed by atoms with E-state index in [0.717, 1.165) is 10.8 Å². The molecule has 0 aliphatic rings. The first-order valence-corrected chi connectivity index (χ1v) is 7.97. The van der Waals surface area contributed by atoms with E-state index < -0.39 is 30.1 Å². The molecule has 1 amide bonds. The fourth-order valence-electron chi connectivity index (χ4n) is 2.09. The van der Waals surface area contributed by atoms with Crippen LogP contribution in [0.25, 0.3) is 0 Å². The minimum Gasteiger partial charge on any atom is -0.480 e. The summed E-state index contributed by atoms with van der Waals surface area (Å²) in [5.74, 6) is -2.02. The molecule has 138 valence electrons. The van der Waals surface area contributed by atoms with E-state index in [0.29, 0.717) is 9.70 Å². The number of rotatable bonds is 6. The highest BCUT2D eigenvalue weighted by Gasteiger charge is 2.23. The summed E-state index contributed by atoms with van der Waals surface area (Å²) in [4.78, 5) is 47.6. The average Bonchev–Trinajstić information content (AvgIpc) is 2.83. The summed E-state index contributed by atoms with van der Waals surface area (Å²) in [6.07, 6.45) is 0.0228. The summed E-state index contributed by atoms with van der Waals surface area (Å²) in [7, 11) is 0. The Labute approximate surface area is 156 Å². The summed E-state index contributed by atoms with van der Waals surface area (Å²) in [5.41, 5.74) is 0.877. The zero-order valence-corrected chi connectivity index (χ0v) is 14.9. The molecular weight excluding hydrogens is 389 g/mol. The Morgan fingerprint density at radius 3 is 2.54 bits per heavy atom. The van der Waals surface area contributed by atoms with Crippen molar-refractivity contribution in [2.75, 3.05) is 12.0 Å². The van der Waals surface area contributed by atoms with Gasteiger partial charge in [0, 0.05) is 16.8 Å². The number of aliphatic carboxylic acids is 1. The second-order valence-electron chi connectivity index (χ2n) is 4.94. The molecule has 0 spiro atoms. The van der Waals surface area contributed by atoms with Crippen molar-refractivity contribution in [1.82, 2.24) is 9.24 Å². The van der Waals surface area contributed by atoms with Gasteiger partial charge in [0.25, 0.3) is 0 Å². The number of carboxylic acids is 1. The lowest BCUT2D eigenvalue weighted by Gasteiger charge is -2.09. The number of imidazole rings is 1. The van der Waals surface area contributed by atoms with E-state index in [4.69, 9.17) is 28.3 Å². The van der Waals surface area contributed by atoms with Crippen LogP contribution in [0.1, 0.15) is 23.0 Å². The van der Waals surface area contributed by atoms with Crippen molar-refractivity contribution in [1.29, 1.82) is 0 Å². The molecule has 0 saturated heterocycles. The number of nitrogens with one attached hydrogen (secondary N) is 1. The van der Waals surface area contributed by atoms with Crippen molar-refractivity contribution >= 4 is 41.0 Å². The molecule has 0 fully saturated rings. The summed E-state index contributed by atoms with van der Waals surface area (Å²) < 4.78 is 6.04. The number of amides is 1. The van der Waals surface area contributed by atoms with Gasteiger partial charge in [0.1, 0.15) is 12.2 Å². The molecule has 1 aromatic heterocycles. The molecule has 0 aliphatic heterocycles. The third-order valence-corrected chi connectivity index (χ3v) is 3.70. The first-order chi connectivity index (χ1) is 12.2. The zero-order valence-electron chi connectivity index (χ0n) is 13.4. The van der Waals surface area contributed by atoms with Crippen LogP contribution < -0.4 is 11.1 Å². The fourth-order valence-corrected chi connectivity index (χ4v) is 2.58. The Morgan fingerprint density at radius 1 is 1.27 bits per heavy atom. The number of hydrogen-bond donors (Lipinski definition) is 2. The Balaban J connectivity index is 2.54. The van der Waals surface area contributed by atoms with E-state index in [1.54, 1.807) is 6.92 Å². The molecule has 2 rings (SSSR count). The normalized spacial score (nSPS) is 10.4. The maximum Gasteiger partial charge on any atom is 0.426 e. The number of halogens is 2. The zero-order chi connectivity index (χ0) is 19.4. The number of hydrogen-bond acceptors (Lipinski definition) is 5. The molecule has 2 aromatic rings. The average molecular weight is 402 g/mol. The van der Waals surface area contributed by atoms with Crippen molar-refractivity contribution in [3.8, 4) is 0 Å². The van der Waals surface area contributed by atoms with Gasteiger partial charge in [-0.15, -0.1) is 0 Å². The number of carboxylic acid groups (broad SMARTS) is 1. The Kier molecular flexibility index (Phi) is 6.06. The van der Waals surface area contributed by atoms with E-state index in [1.165, 1.54) is 18.2 Å². The van der Waals surface area contributed by atoms with Crippen LogP contribution in [-0.2, 0) is 16.1 Å². The summed E-state index contributed by atoms with van der Waals surface area (Å²) in [6, 6.07) is 4.11. The lowest BCUT2D eigenvalue weighted by Crippen LogP contribution is -2.37. The second-order valence-corrected chi connectivity index (χ2v) is 5.78. The maximum absolute atomic E-state index is 12.7. The van der Waals surface area contributed by atoms with Crippen LogP contribution in [0.15, 0.2) is 29.2 Å². The molecule has 2 N–H and O–H groups in total.